The minimum atomic E-state index is 0.121. The maximum atomic E-state index is 8.99. The molecule has 0 amide bonds. The minimum Gasteiger partial charge on any atom is -0.472 e. The van der Waals surface area contributed by atoms with E-state index >= 15 is 0 Å². The molecule has 2 rings (SSSR count). The molecule has 4 heteroatoms. The number of nitriles is 1. The number of pyridine rings is 1. The van der Waals surface area contributed by atoms with E-state index < -0.39 is 0 Å². The lowest BCUT2D eigenvalue weighted by Crippen LogP contribution is -2.43. The van der Waals surface area contributed by atoms with Gasteiger partial charge in [-0.05, 0) is 38.4 Å². The summed E-state index contributed by atoms with van der Waals surface area (Å²) in [7, 11) is 1.95. The van der Waals surface area contributed by atoms with Gasteiger partial charge in [0.1, 0.15) is 17.7 Å². The lowest BCUT2D eigenvalue weighted by molar-refractivity contribution is 0.112. The van der Waals surface area contributed by atoms with Gasteiger partial charge < -0.3 is 10.1 Å². The lowest BCUT2D eigenvalue weighted by Gasteiger charge is -2.31. The van der Waals surface area contributed by atoms with Gasteiger partial charge in [0.25, 0.3) is 0 Å². The van der Waals surface area contributed by atoms with E-state index in [9.17, 15) is 0 Å². The van der Waals surface area contributed by atoms with Crippen LogP contribution in [0.15, 0.2) is 18.3 Å². The fourth-order valence-corrected chi connectivity index (χ4v) is 2.28. The molecule has 17 heavy (non-hydrogen) atoms. The standard InChI is InChI=1S/C13H17N3O/c1-15-11-6-2-3-7-12(11)17-13-10(9-14)5-4-8-16-13/h4-5,8,11-12,15H,2-3,6-7H2,1H3. The summed E-state index contributed by atoms with van der Waals surface area (Å²) in [5.41, 5.74) is 0.507. The Hall–Kier alpha value is -1.60. The minimum absolute atomic E-state index is 0.121. The quantitative estimate of drug-likeness (QED) is 0.862. The Morgan fingerprint density at radius 3 is 3.06 bits per heavy atom. The van der Waals surface area contributed by atoms with Gasteiger partial charge in [-0.3, -0.25) is 0 Å². The van der Waals surface area contributed by atoms with Crippen LogP contribution >= 0.6 is 0 Å². The van der Waals surface area contributed by atoms with E-state index in [0.29, 0.717) is 17.5 Å². The molecule has 0 radical (unpaired) electrons. The third-order valence-corrected chi connectivity index (χ3v) is 3.23. The SMILES string of the molecule is CNC1CCCCC1Oc1ncccc1C#N. The first kappa shape index (κ1) is 11.9. The molecule has 2 unspecified atom stereocenters. The maximum Gasteiger partial charge on any atom is 0.231 e. The first-order valence-electron chi connectivity index (χ1n) is 6.04. The molecule has 0 aliphatic heterocycles. The fraction of sp³-hybridized carbons (Fsp3) is 0.538. The highest BCUT2D eigenvalue weighted by atomic mass is 16.5. The van der Waals surface area contributed by atoms with Crippen molar-refractivity contribution in [3.8, 4) is 11.9 Å². The van der Waals surface area contributed by atoms with Crippen LogP contribution in [-0.4, -0.2) is 24.2 Å². The molecule has 1 aliphatic rings. The van der Waals surface area contributed by atoms with E-state index in [1.54, 1.807) is 18.3 Å². The van der Waals surface area contributed by atoms with Gasteiger partial charge in [-0.1, -0.05) is 6.42 Å². The summed E-state index contributed by atoms with van der Waals surface area (Å²) in [5.74, 6) is 0.460. The van der Waals surface area contributed by atoms with Crippen LogP contribution in [0.1, 0.15) is 31.2 Å². The molecular formula is C13H17N3O. The fourth-order valence-electron chi connectivity index (χ4n) is 2.28. The highest BCUT2D eigenvalue weighted by Gasteiger charge is 2.26. The number of nitrogens with zero attached hydrogens (tertiary/aromatic N) is 2. The lowest BCUT2D eigenvalue weighted by atomic mass is 9.92. The van der Waals surface area contributed by atoms with E-state index in [4.69, 9.17) is 10.00 Å². The summed E-state index contributed by atoms with van der Waals surface area (Å²) >= 11 is 0. The van der Waals surface area contributed by atoms with Crippen LogP contribution in [-0.2, 0) is 0 Å². The molecule has 0 bridgehead atoms. The van der Waals surface area contributed by atoms with Crippen LogP contribution in [0, 0.1) is 11.3 Å². The van der Waals surface area contributed by atoms with Crippen molar-refractivity contribution < 1.29 is 4.74 Å². The summed E-state index contributed by atoms with van der Waals surface area (Å²) in [6.07, 6.45) is 6.34. The molecule has 4 nitrogen and oxygen atoms in total. The highest BCUT2D eigenvalue weighted by Crippen LogP contribution is 2.24. The normalized spacial score (nSPS) is 24.0. The summed E-state index contributed by atoms with van der Waals surface area (Å²) < 4.78 is 5.88. The third kappa shape index (κ3) is 2.75. The van der Waals surface area contributed by atoms with Crippen molar-refractivity contribution in [3.05, 3.63) is 23.9 Å². The average Bonchev–Trinajstić information content (AvgIpc) is 2.40. The van der Waals surface area contributed by atoms with Gasteiger partial charge in [0, 0.05) is 12.2 Å². The molecule has 0 saturated heterocycles. The first-order chi connectivity index (χ1) is 8.35. The number of aromatic nitrogens is 1. The average molecular weight is 231 g/mol. The molecule has 1 aliphatic carbocycles. The van der Waals surface area contributed by atoms with E-state index in [1.165, 1.54) is 12.8 Å². The zero-order chi connectivity index (χ0) is 12.1. The molecule has 1 fully saturated rings. The van der Waals surface area contributed by atoms with E-state index in [1.807, 2.05) is 7.05 Å². The number of likely N-dealkylation sites (N-methyl/N-ethyl adjacent to an activating group) is 1. The van der Waals surface area contributed by atoms with Gasteiger partial charge in [0.2, 0.25) is 5.88 Å². The van der Waals surface area contributed by atoms with Gasteiger partial charge in [-0.15, -0.1) is 0 Å². The topological polar surface area (TPSA) is 57.9 Å². The van der Waals surface area contributed by atoms with Gasteiger partial charge >= 0.3 is 0 Å². The second-order valence-electron chi connectivity index (χ2n) is 4.30. The Morgan fingerprint density at radius 1 is 1.47 bits per heavy atom. The Kier molecular flexibility index (Phi) is 3.94. The van der Waals surface area contributed by atoms with E-state index in [2.05, 4.69) is 16.4 Å². The maximum absolute atomic E-state index is 8.99. The second-order valence-corrected chi connectivity index (χ2v) is 4.30. The molecular weight excluding hydrogens is 214 g/mol. The molecule has 0 spiro atoms. The Labute approximate surface area is 102 Å². The van der Waals surface area contributed by atoms with E-state index in [0.717, 1.165) is 12.8 Å². The zero-order valence-corrected chi connectivity index (χ0v) is 10.0. The predicted octanol–water partition coefficient (Wildman–Crippen LogP) is 1.86. The Balaban J connectivity index is 2.11. The largest absolute Gasteiger partial charge is 0.472 e. The Morgan fingerprint density at radius 2 is 2.29 bits per heavy atom. The van der Waals surface area contributed by atoms with Crippen LogP contribution in [0.2, 0.25) is 0 Å². The molecule has 1 N–H and O–H groups in total. The van der Waals surface area contributed by atoms with Gasteiger partial charge in [-0.2, -0.15) is 5.26 Å². The number of hydrogen-bond donors (Lipinski definition) is 1. The van der Waals surface area contributed by atoms with Crippen molar-refractivity contribution in [1.82, 2.24) is 10.3 Å². The summed E-state index contributed by atoms with van der Waals surface area (Å²) in [6.45, 7) is 0. The van der Waals surface area contributed by atoms with Crippen LogP contribution in [0.3, 0.4) is 0 Å². The van der Waals surface area contributed by atoms with Gasteiger partial charge in [0.05, 0.1) is 0 Å². The van der Waals surface area contributed by atoms with E-state index in [-0.39, 0.29) is 6.10 Å². The zero-order valence-electron chi connectivity index (χ0n) is 10.0. The predicted molar refractivity (Wildman–Crippen MR) is 64.7 cm³/mol. The van der Waals surface area contributed by atoms with Crippen LogP contribution in [0.25, 0.3) is 0 Å². The van der Waals surface area contributed by atoms with Crippen molar-refractivity contribution in [2.24, 2.45) is 0 Å². The monoisotopic (exact) mass is 231 g/mol. The van der Waals surface area contributed by atoms with Gasteiger partial charge in [0.15, 0.2) is 0 Å². The van der Waals surface area contributed by atoms with Crippen LogP contribution in [0.5, 0.6) is 5.88 Å². The highest BCUT2D eigenvalue weighted by molar-refractivity contribution is 5.37. The molecule has 1 heterocycles. The second kappa shape index (κ2) is 5.65. The molecule has 90 valence electrons. The number of nitrogens with one attached hydrogen (secondary N) is 1. The summed E-state index contributed by atoms with van der Waals surface area (Å²) in [4.78, 5) is 4.14. The van der Waals surface area contributed by atoms with Crippen molar-refractivity contribution in [2.45, 2.75) is 37.8 Å². The Bertz CT molecular complexity index is 413. The van der Waals surface area contributed by atoms with Crippen molar-refractivity contribution >= 4 is 0 Å². The molecule has 1 aromatic heterocycles. The van der Waals surface area contributed by atoms with Crippen LogP contribution in [0.4, 0.5) is 0 Å². The number of rotatable bonds is 3. The molecule has 2 atom stereocenters. The van der Waals surface area contributed by atoms with Crippen molar-refractivity contribution in [2.75, 3.05) is 7.05 Å². The summed E-state index contributed by atoms with van der Waals surface area (Å²) in [5, 5.41) is 12.3. The molecule has 1 saturated carbocycles. The van der Waals surface area contributed by atoms with Crippen LogP contribution < -0.4 is 10.1 Å². The molecule has 0 aromatic carbocycles. The smallest absolute Gasteiger partial charge is 0.231 e. The van der Waals surface area contributed by atoms with Crippen molar-refractivity contribution in [1.29, 1.82) is 5.26 Å². The third-order valence-electron chi connectivity index (χ3n) is 3.23. The summed E-state index contributed by atoms with van der Waals surface area (Å²) in [6, 6.07) is 5.96. The first-order valence-corrected chi connectivity index (χ1v) is 6.04. The molecule has 1 aromatic rings. The van der Waals surface area contributed by atoms with Gasteiger partial charge in [-0.25, -0.2) is 4.98 Å². The number of ether oxygens (including phenoxy) is 1. The van der Waals surface area contributed by atoms with Crippen molar-refractivity contribution in [3.63, 3.8) is 0 Å². The number of hydrogen-bond acceptors (Lipinski definition) is 4.